The average molecular weight is 277 g/mol. The zero-order valence-electron chi connectivity index (χ0n) is 11.5. The molecule has 0 bridgehead atoms. The molecule has 0 aromatic carbocycles. The molecule has 2 rings (SSSR count). The minimum absolute atomic E-state index is 0.138. The third kappa shape index (κ3) is 2.90. The van der Waals surface area contributed by atoms with Gasteiger partial charge in [0.25, 0.3) is 0 Å². The second kappa shape index (κ2) is 5.64. The van der Waals surface area contributed by atoms with Crippen LogP contribution < -0.4 is 5.32 Å². The fourth-order valence-corrected chi connectivity index (χ4v) is 1.72. The Kier molecular flexibility index (Phi) is 3.92. The number of aromatic carboxylic acids is 1. The van der Waals surface area contributed by atoms with Gasteiger partial charge in [0.2, 0.25) is 5.89 Å². The minimum atomic E-state index is -1.03. The number of nitrogens with one attached hydrogen (secondary N) is 1. The number of carboxylic acid groups (broad SMARTS) is 1. The summed E-state index contributed by atoms with van der Waals surface area (Å²) in [6.45, 7) is 5.59. The van der Waals surface area contributed by atoms with Gasteiger partial charge < -0.3 is 14.9 Å². The highest BCUT2D eigenvalue weighted by molar-refractivity contribution is 5.94. The first-order chi connectivity index (χ1) is 9.49. The molecule has 0 radical (unpaired) electrons. The van der Waals surface area contributed by atoms with Gasteiger partial charge in [0.15, 0.2) is 11.6 Å². The maximum Gasteiger partial charge on any atom is 0.339 e. The molecule has 0 saturated heterocycles. The van der Waals surface area contributed by atoms with Crippen molar-refractivity contribution in [3.63, 3.8) is 0 Å². The number of hydrogen-bond acceptors (Lipinski definition) is 7. The molecule has 8 nitrogen and oxygen atoms in total. The van der Waals surface area contributed by atoms with Crippen molar-refractivity contribution in [1.29, 1.82) is 0 Å². The smallest absolute Gasteiger partial charge is 0.339 e. The number of rotatable bonds is 5. The second-order valence-corrected chi connectivity index (χ2v) is 4.35. The Balaban J connectivity index is 2.09. The number of carbonyl (C=O) groups is 1. The van der Waals surface area contributed by atoms with Gasteiger partial charge in [0.05, 0.1) is 5.69 Å². The van der Waals surface area contributed by atoms with E-state index in [0.717, 1.165) is 0 Å². The highest BCUT2D eigenvalue weighted by atomic mass is 16.5. The van der Waals surface area contributed by atoms with Crippen LogP contribution in [0.5, 0.6) is 0 Å². The molecule has 2 N–H and O–H groups in total. The van der Waals surface area contributed by atoms with E-state index in [0.29, 0.717) is 35.9 Å². The van der Waals surface area contributed by atoms with E-state index in [2.05, 4.69) is 25.7 Å². The number of aromatic nitrogens is 4. The van der Waals surface area contributed by atoms with E-state index < -0.39 is 5.97 Å². The number of aryl methyl sites for hydroxylation is 2. The summed E-state index contributed by atoms with van der Waals surface area (Å²) in [5.41, 5.74) is 1.34. The maximum absolute atomic E-state index is 11.3. The van der Waals surface area contributed by atoms with Crippen LogP contribution in [-0.2, 0) is 6.42 Å². The molecule has 0 aliphatic carbocycles. The summed E-state index contributed by atoms with van der Waals surface area (Å²) in [7, 11) is 0. The summed E-state index contributed by atoms with van der Waals surface area (Å²) in [6.07, 6.45) is 0.481. The molecule has 0 saturated carbocycles. The Bertz CT molecular complexity index is 638. The molecule has 0 amide bonds. The zero-order valence-corrected chi connectivity index (χ0v) is 11.5. The van der Waals surface area contributed by atoms with Crippen molar-refractivity contribution in [2.75, 3.05) is 11.9 Å². The third-order valence-electron chi connectivity index (χ3n) is 2.87. The molecule has 8 heteroatoms. The lowest BCUT2D eigenvalue weighted by atomic mass is 10.1. The van der Waals surface area contributed by atoms with Gasteiger partial charge in [-0.1, -0.05) is 5.16 Å². The maximum atomic E-state index is 11.3. The van der Waals surface area contributed by atoms with Gasteiger partial charge in [-0.2, -0.15) is 10.1 Å². The monoisotopic (exact) mass is 277 g/mol. The van der Waals surface area contributed by atoms with Crippen LogP contribution in [0.2, 0.25) is 0 Å². The molecule has 0 fully saturated rings. The topological polar surface area (TPSA) is 114 Å². The van der Waals surface area contributed by atoms with Crippen LogP contribution in [0.15, 0.2) is 4.52 Å². The van der Waals surface area contributed by atoms with Crippen LogP contribution in [0.4, 0.5) is 5.82 Å². The molecule has 0 unspecified atom stereocenters. The van der Waals surface area contributed by atoms with Gasteiger partial charge in [-0.15, -0.1) is 5.10 Å². The molecule has 0 atom stereocenters. The molecular weight excluding hydrogens is 262 g/mol. The zero-order chi connectivity index (χ0) is 14.7. The van der Waals surface area contributed by atoms with Crippen molar-refractivity contribution >= 4 is 11.8 Å². The predicted octanol–water partition coefficient (Wildman–Crippen LogP) is 1.14. The summed E-state index contributed by atoms with van der Waals surface area (Å²) >= 11 is 0. The second-order valence-electron chi connectivity index (χ2n) is 4.35. The van der Waals surface area contributed by atoms with Crippen molar-refractivity contribution < 1.29 is 14.4 Å². The van der Waals surface area contributed by atoms with E-state index in [4.69, 9.17) is 4.52 Å². The standard InChI is InChI=1S/C12H15N5O3/c1-6-7(2)15-16-11(10(6)12(18)19)13-5-4-9-14-8(3)17-20-9/h4-5H2,1-3H3,(H,13,16)(H,18,19). The van der Waals surface area contributed by atoms with Crippen molar-refractivity contribution in [3.8, 4) is 0 Å². The van der Waals surface area contributed by atoms with Crippen LogP contribution in [0.25, 0.3) is 0 Å². The van der Waals surface area contributed by atoms with Gasteiger partial charge in [0.1, 0.15) is 5.56 Å². The van der Waals surface area contributed by atoms with Crippen molar-refractivity contribution in [3.05, 3.63) is 28.5 Å². The first-order valence-corrected chi connectivity index (χ1v) is 6.09. The summed E-state index contributed by atoms with van der Waals surface area (Å²) in [5, 5.41) is 23.7. The van der Waals surface area contributed by atoms with Crippen molar-refractivity contribution in [2.24, 2.45) is 0 Å². The first-order valence-electron chi connectivity index (χ1n) is 6.09. The molecule has 0 spiro atoms. The van der Waals surface area contributed by atoms with Gasteiger partial charge in [-0.3, -0.25) is 0 Å². The largest absolute Gasteiger partial charge is 0.478 e. The number of hydrogen-bond donors (Lipinski definition) is 2. The summed E-state index contributed by atoms with van der Waals surface area (Å²) in [6, 6.07) is 0. The van der Waals surface area contributed by atoms with Crippen molar-refractivity contribution in [2.45, 2.75) is 27.2 Å². The Labute approximate surface area is 115 Å². The van der Waals surface area contributed by atoms with E-state index in [1.54, 1.807) is 20.8 Å². The fourth-order valence-electron chi connectivity index (χ4n) is 1.72. The van der Waals surface area contributed by atoms with Gasteiger partial charge >= 0.3 is 5.97 Å². The molecule has 0 aliphatic rings. The number of anilines is 1. The molecule has 2 aromatic rings. The number of nitrogens with zero attached hydrogens (tertiary/aromatic N) is 4. The van der Waals surface area contributed by atoms with Gasteiger partial charge in [-0.25, -0.2) is 4.79 Å². The Hall–Kier alpha value is -2.51. The molecule has 106 valence electrons. The Morgan fingerprint density at radius 2 is 2.05 bits per heavy atom. The Morgan fingerprint density at radius 3 is 2.65 bits per heavy atom. The lowest BCUT2D eigenvalue weighted by molar-refractivity contribution is 0.0696. The highest BCUT2D eigenvalue weighted by Crippen LogP contribution is 2.18. The summed E-state index contributed by atoms with van der Waals surface area (Å²) in [4.78, 5) is 15.3. The van der Waals surface area contributed by atoms with Crippen LogP contribution >= 0.6 is 0 Å². The average Bonchev–Trinajstić information content (AvgIpc) is 2.79. The predicted molar refractivity (Wildman–Crippen MR) is 69.7 cm³/mol. The van der Waals surface area contributed by atoms with Crippen molar-refractivity contribution in [1.82, 2.24) is 20.3 Å². The molecule has 2 aromatic heterocycles. The molecule has 0 aliphatic heterocycles. The SMILES string of the molecule is Cc1noc(CCNc2nnc(C)c(C)c2C(=O)O)n1. The normalized spacial score (nSPS) is 10.6. The molecule has 20 heavy (non-hydrogen) atoms. The minimum Gasteiger partial charge on any atom is -0.478 e. The van der Waals surface area contributed by atoms with E-state index in [1.807, 2.05) is 0 Å². The molecular formula is C12H15N5O3. The van der Waals surface area contributed by atoms with E-state index in [-0.39, 0.29) is 11.4 Å². The molecule has 2 heterocycles. The fraction of sp³-hybridized carbons (Fsp3) is 0.417. The van der Waals surface area contributed by atoms with Gasteiger partial charge in [-0.05, 0) is 26.3 Å². The lowest BCUT2D eigenvalue weighted by Crippen LogP contribution is -2.14. The van der Waals surface area contributed by atoms with Gasteiger partial charge in [0, 0.05) is 13.0 Å². The number of carboxylic acids is 1. The van der Waals surface area contributed by atoms with Crippen LogP contribution in [-0.4, -0.2) is 38.0 Å². The van der Waals surface area contributed by atoms with Crippen LogP contribution in [0, 0.1) is 20.8 Å². The highest BCUT2D eigenvalue weighted by Gasteiger charge is 2.17. The van der Waals surface area contributed by atoms with E-state index >= 15 is 0 Å². The van der Waals surface area contributed by atoms with E-state index in [1.165, 1.54) is 0 Å². The Morgan fingerprint density at radius 1 is 1.30 bits per heavy atom. The van der Waals surface area contributed by atoms with Crippen LogP contribution in [0.3, 0.4) is 0 Å². The summed E-state index contributed by atoms with van der Waals surface area (Å²) in [5.74, 6) is 0.273. The van der Waals surface area contributed by atoms with Crippen LogP contribution in [0.1, 0.15) is 33.3 Å². The van der Waals surface area contributed by atoms with E-state index in [9.17, 15) is 9.90 Å². The first kappa shape index (κ1) is 13.9. The quantitative estimate of drug-likeness (QED) is 0.836. The third-order valence-corrected chi connectivity index (χ3v) is 2.87. The summed E-state index contributed by atoms with van der Waals surface area (Å²) < 4.78 is 4.97. The lowest BCUT2D eigenvalue weighted by Gasteiger charge is -2.10.